The molecule has 0 amide bonds. The van der Waals surface area contributed by atoms with Crippen molar-refractivity contribution in [1.82, 2.24) is 5.32 Å². The Morgan fingerprint density at radius 1 is 1.50 bits per heavy atom. The minimum atomic E-state index is -0.963. The molecular weight excluding hydrogens is 326 g/mol. The van der Waals surface area contributed by atoms with Crippen LogP contribution in [0.3, 0.4) is 0 Å². The number of allylic oxidation sites excluding steroid dienone is 2. The van der Waals surface area contributed by atoms with Crippen LogP contribution < -0.4 is 15.4 Å². The lowest BCUT2D eigenvalue weighted by Crippen LogP contribution is -3.14. The van der Waals surface area contributed by atoms with Gasteiger partial charge in [0, 0.05) is 29.0 Å². The largest absolute Gasteiger partial charge is 0.633 e. The predicted molar refractivity (Wildman–Crippen MR) is 87.9 cm³/mol. The number of quaternary nitrogens is 2. The molecule has 124 valence electrons. The molecule has 0 bridgehead atoms. The number of carbonyl (C=O) groups is 1. The highest BCUT2D eigenvalue weighted by molar-refractivity contribution is 8.78. The third-order valence-corrected chi connectivity index (χ3v) is 6.03. The second-order valence-corrected chi connectivity index (χ2v) is 7.66. The van der Waals surface area contributed by atoms with Crippen LogP contribution in [0.4, 0.5) is 0 Å². The number of piperidine rings is 1. The first-order chi connectivity index (χ1) is 10.6. The highest BCUT2D eigenvalue weighted by Gasteiger charge is 2.27. The lowest BCUT2D eigenvalue weighted by molar-refractivity contribution is -0.885. The average Bonchev–Trinajstić information content (AvgIpc) is 2.50. The standard InChI is InChI=1S/C13H21N3O4S2/c17-13(18)10(14-11-5-1-3-7-15(11)19)9-21-22-12-6-2-4-8-16(12)20/h2,4,6,10-11,14-16H,1,3,5,7-9H2,(H,17,18)/t10-,11?/m0/s1. The molecule has 9 heteroatoms. The summed E-state index contributed by atoms with van der Waals surface area (Å²) >= 11 is 0. The summed E-state index contributed by atoms with van der Waals surface area (Å²) in [6.45, 7) is 0.927. The maximum Gasteiger partial charge on any atom is 0.321 e. The van der Waals surface area contributed by atoms with Crippen molar-refractivity contribution in [3.8, 4) is 0 Å². The van der Waals surface area contributed by atoms with Gasteiger partial charge in [-0.3, -0.25) is 10.1 Å². The summed E-state index contributed by atoms with van der Waals surface area (Å²) in [5.74, 6) is -0.659. The van der Waals surface area contributed by atoms with Crippen molar-refractivity contribution in [2.24, 2.45) is 0 Å². The topological polar surface area (TPSA) is 104 Å². The molecule has 1 fully saturated rings. The van der Waals surface area contributed by atoms with Crippen LogP contribution in [0.2, 0.25) is 0 Å². The molecule has 2 rings (SSSR count). The molecule has 7 nitrogen and oxygen atoms in total. The minimum absolute atomic E-state index is 0.0577. The minimum Gasteiger partial charge on any atom is -0.633 e. The van der Waals surface area contributed by atoms with Gasteiger partial charge in [-0.05, 0) is 18.9 Å². The molecule has 0 aromatic carbocycles. The van der Waals surface area contributed by atoms with Gasteiger partial charge in [0.1, 0.15) is 18.8 Å². The summed E-state index contributed by atoms with van der Waals surface area (Å²) in [6.07, 6.45) is 7.57. The molecule has 4 atom stereocenters. The molecule has 2 aliphatic rings. The first-order valence-corrected chi connectivity index (χ1v) is 9.61. The van der Waals surface area contributed by atoms with E-state index in [9.17, 15) is 20.3 Å². The number of rotatable bonds is 7. The average molecular weight is 347 g/mol. The molecule has 22 heavy (non-hydrogen) atoms. The van der Waals surface area contributed by atoms with Crippen molar-refractivity contribution in [1.29, 1.82) is 0 Å². The Morgan fingerprint density at radius 3 is 3.00 bits per heavy atom. The first-order valence-electron chi connectivity index (χ1n) is 7.29. The van der Waals surface area contributed by atoms with Crippen molar-refractivity contribution in [2.45, 2.75) is 31.5 Å². The number of hydrogen-bond acceptors (Lipinski definition) is 6. The molecule has 2 heterocycles. The van der Waals surface area contributed by atoms with Gasteiger partial charge in [0.2, 0.25) is 0 Å². The predicted octanol–water partition coefficient (Wildman–Crippen LogP) is -0.903. The number of carboxylic acids is 1. The van der Waals surface area contributed by atoms with E-state index in [1.807, 2.05) is 6.08 Å². The van der Waals surface area contributed by atoms with Gasteiger partial charge in [0.25, 0.3) is 0 Å². The fraction of sp³-hybridized carbons (Fsp3) is 0.615. The van der Waals surface area contributed by atoms with E-state index in [1.165, 1.54) is 21.6 Å². The van der Waals surface area contributed by atoms with Crippen molar-refractivity contribution >= 4 is 27.6 Å². The number of hydroxylamine groups is 4. The highest BCUT2D eigenvalue weighted by atomic mass is 33.1. The van der Waals surface area contributed by atoms with E-state index in [4.69, 9.17) is 0 Å². The quantitative estimate of drug-likeness (QED) is 0.349. The van der Waals surface area contributed by atoms with Gasteiger partial charge in [-0.25, -0.2) is 0 Å². The van der Waals surface area contributed by atoms with E-state index in [-0.39, 0.29) is 16.3 Å². The third-order valence-electron chi connectivity index (χ3n) is 3.60. The molecule has 0 aromatic rings. The molecule has 0 spiro atoms. The Bertz CT molecular complexity index is 447. The van der Waals surface area contributed by atoms with Gasteiger partial charge >= 0.3 is 5.97 Å². The molecule has 0 radical (unpaired) electrons. The second kappa shape index (κ2) is 8.92. The maximum absolute atomic E-state index is 11.8. The molecule has 3 unspecified atom stereocenters. The Labute approximate surface area is 137 Å². The summed E-state index contributed by atoms with van der Waals surface area (Å²) in [7, 11) is 2.63. The van der Waals surface area contributed by atoms with E-state index < -0.39 is 12.0 Å². The molecular formula is C13H21N3O4S2. The summed E-state index contributed by atoms with van der Waals surface area (Å²) in [5.41, 5.74) is 0. The van der Waals surface area contributed by atoms with E-state index >= 15 is 0 Å². The molecule has 0 aliphatic carbocycles. The van der Waals surface area contributed by atoms with Crippen LogP contribution >= 0.6 is 21.6 Å². The zero-order valence-corrected chi connectivity index (χ0v) is 13.8. The van der Waals surface area contributed by atoms with Crippen molar-refractivity contribution in [3.63, 3.8) is 0 Å². The van der Waals surface area contributed by atoms with Crippen LogP contribution in [0.25, 0.3) is 0 Å². The fourth-order valence-electron chi connectivity index (χ4n) is 2.36. The van der Waals surface area contributed by atoms with Crippen LogP contribution in [0.5, 0.6) is 0 Å². The zero-order chi connectivity index (χ0) is 15.9. The number of carboxylic acid groups (broad SMARTS) is 1. The van der Waals surface area contributed by atoms with Gasteiger partial charge in [0.15, 0.2) is 5.03 Å². The van der Waals surface area contributed by atoms with Crippen LogP contribution in [0.1, 0.15) is 19.3 Å². The summed E-state index contributed by atoms with van der Waals surface area (Å²) < 4.78 is 0. The van der Waals surface area contributed by atoms with Crippen LogP contribution in [0.15, 0.2) is 23.3 Å². The van der Waals surface area contributed by atoms with Gasteiger partial charge in [-0.15, -0.1) is 0 Å². The molecule has 0 aromatic heterocycles. The second-order valence-electron chi connectivity index (χ2n) is 5.28. The van der Waals surface area contributed by atoms with Crippen LogP contribution in [-0.4, -0.2) is 42.1 Å². The maximum atomic E-state index is 11.8. The van der Waals surface area contributed by atoms with E-state index in [2.05, 4.69) is 5.32 Å². The number of nitrogens with one attached hydrogen (secondary N) is 3. The zero-order valence-electron chi connectivity index (χ0n) is 12.1. The van der Waals surface area contributed by atoms with Crippen LogP contribution in [-0.2, 0) is 4.79 Å². The lowest BCUT2D eigenvalue weighted by atomic mass is 10.1. The Kier molecular flexibility index (Phi) is 7.22. The number of hydrogen-bond donors (Lipinski definition) is 4. The Balaban J connectivity index is 1.80. The summed E-state index contributed by atoms with van der Waals surface area (Å²) in [5, 5.41) is 36.5. The SMILES string of the molecule is O=C(O)[C@H](CSSC1=CC=CC[NH+]1[O-])NC1CCCC[NH+]1[O-]. The third kappa shape index (κ3) is 5.27. The first kappa shape index (κ1) is 17.8. The number of aliphatic carboxylic acids is 1. The Morgan fingerprint density at radius 2 is 2.32 bits per heavy atom. The van der Waals surface area contributed by atoms with Crippen molar-refractivity contribution < 1.29 is 20.0 Å². The van der Waals surface area contributed by atoms with E-state index in [1.54, 1.807) is 12.2 Å². The highest BCUT2D eigenvalue weighted by Crippen LogP contribution is 2.28. The summed E-state index contributed by atoms with van der Waals surface area (Å²) in [4.78, 5) is 11.3. The summed E-state index contributed by atoms with van der Waals surface area (Å²) in [6, 6.07) is -0.778. The fourth-order valence-corrected chi connectivity index (χ4v) is 4.68. The van der Waals surface area contributed by atoms with Gasteiger partial charge in [-0.1, -0.05) is 16.9 Å². The molecule has 0 saturated carbocycles. The van der Waals surface area contributed by atoms with Gasteiger partial charge in [-0.2, -0.15) is 0 Å². The van der Waals surface area contributed by atoms with Crippen molar-refractivity contribution in [2.75, 3.05) is 18.8 Å². The van der Waals surface area contributed by atoms with Gasteiger partial charge in [0.05, 0.1) is 6.54 Å². The monoisotopic (exact) mass is 347 g/mol. The molecule has 1 saturated heterocycles. The lowest BCUT2D eigenvalue weighted by Gasteiger charge is -2.37. The molecule has 4 N–H and O–H groups in total. The van der Waals surface area contributed by atoms with E-state index in [0.717, 1.165) is 12.8 Å². The normalized spacial score (nSPS) is 29.9. The van der Waals surface area contributed by atoms with E-state index in [0.29, 0.717) is 30.3 Å². The van der Waals surface area contributed by atoms with Gasteiger partial charge < -0.3 is 25.6 Å². The van der Waals surface area contributed by atoms with Crippen molar-refractivity contribution in [3.05, 3.63) is 33.7 Å². The Hall–Kier alpha value is -0.550. The van der Waals surface area contributed by atoms with Crippen LogP contribution in [0, 0.1) is 10.4 Å². The molecule has 2 aliphatic heterocycles. The smallest absolute Gasteiger partial charge is 0.321 e.